The summed E-state index contributed by atoms with van der Waals surface area (Å²) in [4.78, 5) is 18.3. The highest BCUT2D eigenvalue weighted by atomic mass is 16.5. The minimum absolute atomic E-state index is 0.149. The molecule has 0 aliphatic heterocycles. The molecule has 2 aromatic heterocycles. The molecule has 0 bridgehead atoms. The van der Waals surface area contributed by atoms with E-state index in [-0.39, 0.29) is 23.1 Å². The van der Waals surface area contributed by atoms with E-state index in [1.165, 1.54) is 7.11 Å². The lowest BCUT2D eigenvalue weighted by Gasteiger charge is -2.12. The zero-order chi connectivity index (χ0) is 17.3. The van der Waals surface area contributed by atoms with Gasteiger partial charge in [-0.2, -0.15) is 0 Å². The lowest BCUT2D eigenvalue weighted by molar-refractivity contribution is -0.622. The van der Waals surface area contributed by atoms with Crippen molar-refractivity contribution in [1.82, 2.24) is 9.97 Å². The van der Waals surface area contributed by atoms with E-state index < -0.39 is 0 Å². The van der Waals surface area contributed by atoms with E-state index >= 15 is 0 Å². The molecule has 0 radical (unpaired) electrons. The maximum atomic E-state index is 12.5. The maximum absolute atomic E-state index is 12.5. The number of benzene rings is 1. The number of hydrogen-bond acceptors (Lipinski definition) is 3. The lowest BCUT2D eigenvalue weighted by Crippen LogP contribution is -2.43. The van der Waals surface area contributed by atoms with Crippen molar-refractivity contribution in [3.63, 3.8) is 0 Å². The highest BCUT2D eigenvalue weighted by molar-refractivity contribution is 5.83. The van der Waals surface area contributed by atoms with Gasteiger partial charge in [0, 0.05) is 29.9 Å². The Morgan fingerprint density at radius 3 is 2.75 bits per heavy atom. The molecule has 3 aromatic rings. The Morgan fingerprint density at radius 2 is 2.04 bits per heavy atom. The van der Waals surface area contributed by atoms with Crippen LogP contribution in [0.15, 0.2) is 35.3 Å². The summed E-state index contributed by atoms with van der Waals surface area (Å²) in [5.74, 6) is 0.353. The van der Waals surface area contributed by atoms with Crippen LogP contribution in [0, 0.1) is 11.1 Å². The number of fused-ring (bicyclic) bond motifs is 1. The van der Waals surface area contributed by atoms with Gasteiger partial charge in [-0.1, -0.05) is 32.0 Å². The third-order valence-corrected chi connectivity index (χ3v) is 4.05. The van der Waals surface area contributed by atoms with Crippen LogP contribution in [0.2, 0.25) is 0 Å². The molecule has 3 rings (SSSR count). The van der Waals surface area contributed by atoms with Gasteiger partial charge in [0.1, 0.15) is 5.69 Å². The second-order valence-electron chi connectivity index (χ2n) is 6.32. The third-order valence-electron chi connectivity index (χ3n) is 4.05. The Hall–Kier alpha value is -2.76. The number of hydrogen-bond donors (Lipinski definition) is 2. The molecule has 2 N–H and O–H groups in total. The highest BCUT2D eigenvalue weighted by Crippen LogP contribution is 2.22. The number of para-hydroxylation sites is 1. The van der Waals surface area contributed by atoms with Gasteiger partial charge in [-0.05, 0) is 17.5 Å². The van der Waals surface area contributed by atoms with Crippen molar-refractivity contribution in [3.8, 4) is 5.88 Å². The van der Waals surface area contributed by atoms with Crippen LogP contribution in [-0.4, -0.2) is 17.1 Å². The standard InChI is InChI=1S/C18H21N3O3/c1-11(2)8-16-17(22)20-15(18(24-3)21(16)23)9-12-10-19-14-7-5-4-6-13(12)14/h4-7,10-11,19H,8-9H2,1-3H3,(H,20,22). The Labute approximate surface area is 139 Å². The van der Waals surface area contributed by atoms with Crippen molar-refractivity contribution >= 4 is 10.9 Å². The van der Waals surface area contributed by atoms with E-state index in [2.05, 4.69) is 9.97 Å². The second kappa shape index (κ2) is 6.39. The van der Waals surface area contributed by atoms with Gasteiger partial charge >= 0.3 is 11.4 Å². The van der Waals surface area contributed by atoms with Gasteiger partial charge < -0.3 is 19.9 Å². The van der Waals surface area contributed by atoms with Crippen LogP contribution in [-0.2, 0) is 12.8 Å². The van der Waals surface area contributed by atoms with Crippen molar-refractivity contribution in [2.75, 3.05) is 7.11 Å². The summed E-state index contributed by atoms with van der Waals surface area (Å²) in [5.41, 5.74) is 2.32. The number of aromatic nitrogens is 3. The predicted octanol–water partition coefficient (Wildman–Crippen LogP) is 2.29. The van der Waals surface area contributed by atoms with E-state index in [1.807, 2.05) is 44.3 Å². The fourth-order valence-electron chi connectivity index (χ4n) is 2.96. The van der Waals surface area contributed by atoms with E-state index in [9.17, 15) is 10.0 Å². The van der Waals surface area contributed by atoms with Gasteiger partial charge in [-0.3, -0.25) is 4.79 Å². The fourth-order valence-corrected chi connectivity index (χ4v) is 2.96. The Bertz CT molecular complexity index is 925. The number of rotatable bonds is 5. The van der Waals surface area contributed by atoms with Crippen LogP contribution in [0.1, 0.15) is 30.8 Å². The largest absolute Gasteiger partial charge is 0.616 e. The average molecular weight is 327 g/mol. The molecule has 0 aliphatic carbocycles. The molecule has 6 nitrogen and oxygen atoms in total. The molecule has 0 unspecified atom stereocenters. The van der Waals surface area contributed by atoms with Crippen LogP contribution >= 0.6 is 0 Å². The van der Waals surface area contributed by atoms with Gasteiger partial charge in [0.15, 0.2) is 0 Å². The topological polar surface area (TPSA) is 84.8 Å². The quantitative estimate of drug-likeness (QED) is 0.557. The number of ether oxygens (including phenoxy) is 1. The van der Waals surface area contributed by atoms with Crippen molar-refractivity contribution < 1.29 is 9.47 Å². The highest BCUT2D eigenvalue weighted by Gasteiger charge is 2.24. The number of nitrogens with one attached hydrogen (secondary N) is 2. The van der Waals surface area contributed by atoms with Crippen molar-refractivity contribution in [2.24, 2.45) is 5.92 Å². The van der Waals surface area contributed by atoms with Gasteiger partial charge in [-0.15, -0.1) is 4.73 Å². The lowest BCUT2D eigenvalue weighted by atomic mass is 10.1. The molecule has 0 saturated heterocycles. The minimum atomic E-state index is -0.352. The van der Waals surface area contributed by atoms with Crippen LogP contribution < -0.4 is 15.0 Å². The summed E-state index contributed by atoms with van der Waals surface area (Å²) in [5, 5.41) is 13.6. The van der Waals surface area contributed by atoms with Gasteiger partial charge in [0.25, 0.3) is 5.69 Å². The first-order valence-corrected chi connectivity index (χ1v) is 7.97. The molecule has 0 aliphatic rings. The van der Waals surface area contributed by atoms with E-state index in [0.29, 0.717) is 23.3 Å². The Kier molecular flexibility index (Phi) is 4.29. The third kappa shape index (κ3) is 2.87. The Balaban J connectivity index is 2.06. The molecule has 1 aromatic carbocycles. The molecule has 2 heterocycles. The van der Waals surface area contributed by atoms with E-state index in [1.54, 1.807) is 0 Å². The normalized spacial score (nSPS) is 11.3. The maximum Gasteiger partial charge on any atom is 0.400 e. The number of nitrogens with zero attached hydrogens (tertiary/aromatic N) is 1. The van der Waals surface area contributed by atoms with Crippen LogP contribution in [0.5, 0.6) is 5.88 Å². The van der Waals surface area contributed by atoms with Crippen LogP contribution in [0.25, 0.3) is 10.9 Å². The molecule has 0 spiro atoms. The van der Waals surface area contributed by atoms with Crippen LogP contribution in [0.4, 0.5) is 0 Å². The van der Waals surface area contributed by atoms with Gasteiger partial charge in [0.05, 0.1) is 7.11 Å². The van der Waals surface area contributed by atoms with Crippen molar-refractivity contribution in [1.29, 1.82) is 0 Å². The van der Waals surface area contributed by atoms with Gasteiger partial charge in [-0.25, -0.2) is 0 Å². The van der Waals surface area contributed by atoms with E-state index in [4.69, 9.17) is 4.74 Å². The first-order valence-electron chi connectivity index (χ1n) is 7.97. The van der Waals surface area contributed by atoms with Crippen molar-refractivity contribution in [3.05, 3.63) is 63.0 Å². The zero-order valence-corrected chi connectivity index (χ0v) is 14.1. The summed E-state index contributed by atoms with van der Waals surface area (Å²) in [6.45, 7) is 3.93. The summed E-state index contributed by atoms with van der Waals surface area (Å²) in [6, 6.07) is 7.90. The molecule has 24 heavy (non-hydrogen) atoms. The number of H-pyrrole nitrogens is 2. The summed E-state index contributed by atoms with van der Waals surface area (Å²) in [7, 11) is 1.44. The summed E-state index contributed by atoms with van der Waals surface area (Å²) in [6.07, 6.45) is 2.70. The molecule has 126 valence electrons. The first kappa shape index (κ1) is 16.1. The first-order chi connectivity index (χ1) is 11.5. The predicted molar refractivity (Wildman–Crippen MR) is 92.2 cm³/mol. The fraction of sp³-hybridized carbons (Fsp3) is 0.333. The monoisotopic (exact) mass is 327 g/mol. The number of aromatic amines is 2. The molecule has 0 saturated carbocycles. The molecular formula is C18H21N3O3. The van der Waals surface area contributed by atoms with Crippen LogP contribution in [0.3, 0.4) is 0 Å². The molecule has 0 fully saturated rings. The average Bonchev–Trinajstić information content (AvgIpc) is 2.95. The van der Waals surface area contributed by atoms with Crippen molar-refractivity contribution in [2.45, 2.75) is 26.7 Å². The van der Waals surface area contributed by atoms with Gasteiger partial charge in [0.2, 0.25) is 0 Å². The molecule has 6 heteroatoms. The number of methoxy groups -OCH3 is 1. The summed E-state index contributed by atoms with van der Waals surface area (Å²) >= 11 is 0. The van der Waals surface area contributed by atoms with E-state index in [0.717, 1.165) is 16.5 Å². The molecular weight excluding hydrogens is 306 g/mol. The molecule has 0 amide bonds. The minimum Gasteiger partial charge on any atom is -0.616 e. The Morgan fingerprint density at radius 1 is 1.29 bits per heavy atom. The second-order valence-corrected chi connectivity index (χ2v) is 6.32. The SMILES string of the molecule is COc1c(Cc2c[nH]c3ccccc23)[nH]c(=O)c(CC(C)C)[n+]1[O-]. The molecule has 0 atom stereocenters. The smallest absolute Gasteiger partial charge is 0.400 e. The zero-order valence-electron chi connectivity index (χ0n) is 14.1. The summed E-state index contributed by atoms with van der Waals surface area (Å²) < 4.78 is 5.91.